The van der Waals surface area contributed by atoms with Gasteiger partial charge < -0.3 is 14.8 Å². The third-order valence-electron chi connectivity index (χ3n) is 4.96. The highest BCUT2D eigenvalue weighted by Crippen LogP contribution is 2.21. The molecule has 0 bridgehead atoms. The lowest BCUT2D eigenvalue weighted by molar-refractivity contribution is 0.573. The van der Waals surface area contributed by atoms with Crippen LogP contribution in [0.1, 0.15) is 19.9 Å². The van der Waals surface area contributed by atoms with Gasteiger partial charge in [-0.3, -0.25) is 14.2 Å². The van der Waals surface area contributed by atoms with Crippen molar-refractivity contribution in [3.05, 3.63) is 57.6 Å². The van der Waals surface area contributed by atoms with Crippen molar-refractivity contribution in [1.82, 2.24) is 19.5 Å². The van der Waals surface area contributed by atoms with Gasteiger partial charge >= 0.3 is 0 Å². The Morgan fingerprint density at radius 1 is 1.04 bits per heavy atom. The zero-order chi connectivity index (χ0) is 19.0. The Morgan fingerprint density at radius 2 is 1.78 bits per heavy atom. The fraction of sp³-hybridized carbons (Fsp3) is 0.368. The molecule has 8 heteroatoms. The first kappa shape index (κ1) is 17.3. The Kier molecular flexibility index (Phi) is 4.39. The molecule has 8 nitrogen and oxygen atoms in total. The topological polar surface area (TPSA) is 87.1 Å². The molecule has 0 amide bonds. The fourth-order valence-corrected chi connectivity index (χ4v) is 3.43. The van der Waals surface area contributed by atoms with Crippen molar-refractivity contribution >= 4 is 22.4 Å². The summed E-state index contributed by atoms with van der Waals surface area (Å²) in [5.41, 5.74) is 1.56. The predicted octanol–water partition coefficient (Wildman–Crippen LogP) is 1.39. The number of aromatic amines is 1. The Hall–Kier alpha value is -3.16. The van der Waals surface area contributed by atoms with Crippen LogP contribution in [0, 0.1) is 0 Å². The SMILES string of the molecule is CC(C)n1cnc2cc(N3CCN(c4ncc[nH]c4=O)CC3)ccc2c1=O. The molecule has 0 atom stereocenters. The number of aromatic nitrogens is 4. The van der Waals surface area contributed by atoms with E-state index in [-0.39, 0.29) is 17.2 Å². The van der Waals surface area contributed by atoms with Gasteiger partial charge in [0.15, 0.2) is 5.82 Å². The average molecular weight is 366 g/mol. The van der Waals surface area contributed by atoms with E-state index in [1.54, 1.807) is 17.1 Å². The van der Waals surface area contributed by atoms with Crippen LogP contribution in [0.5, 0.6) is 0 Å². The quantitative estimate of drug-likeness (QED) is 0.754. The maximum atomic E-state index is 12.6. The van der Waals surface area contributed by atoms with Gasteiger partial charge in [-0.1, -0.05) is 0 Å². The van der Waals surface area contributed by atoms with Crippen LogP contribution in [-0.2, 0) is 0 Å². The van der Waals surface area contributed by atoms with E-state index in [2.05, 4.69) is 19.9 Å². The second kappa shape index (κ2) is 6.86. The lowest BCUT2D eigenvalue weighted by atomic mass is 10.2. The molecular formula is C19H22N6O2. The minimum atomic E-state index is -0.165. The van der Waals surface area contributed by atoms with Crippen molar-refractivity contribution in [2.24, 2.45) is 0 Å². The van der Waals surface area contributed by atoms with Gasteiger partial charge in [0.2, 0.25) is 0 Å². The van der Waals surface area contributed by atoms with Gasteiger partial charge in [-0.05, 0) is 32.0 Å². The maximum Gasteiger partial charge on any atom is 0.290 e. The summed E-state index contributed by atoms with van der Waals surface area (Å²) in [7, 11) is 0. The van der Waals surface area contributed by atoms with E-state index in [4.69, 9.17) is 0 Å². The van der Waals surface area contributed by atoms with Crippen molar-refractivity contribution in [2.45, 2.75) is 19.9 Å². The van der Waals surface area contributed by atoms with Crippen molar-refractivity contribution in [2.75, 3.05) is 36.0 Å². The van der Waals surface area contributed by atoms with Crippen LogP contribution in [0.4, 0.5) is 11.5 Å². The number of piperazine rings is 1. The minimum Gasteiger partial charge on any atom is -0.368 e. The van der Waals surface area contributed by atoms with Gasteiger partial charge in [-0.15, -0.1) is 0 Å². The summed E-state index contributed by atoms with van der Waals surface area (Å²) in [5.74, 6) is 0.464. The second-order valence-electron chi connectivity index (χ2n) is 6.97. The molecule has 0 saturated carbocycles. The number of benzene rings is 1. The summed E-state index contributed by atoms with van der Waals surface area (Å²) in [6.45, 7) is 6.89. The van der Waals surface area contributed by atoms with Crippen LogP contribution in [0.2, 0.25) is 0 Å². The van der Waals surface area contributed by atoms with E-state index >= 15 is 0 Å². The van der Waals surface area contributed by atoms with Gasteiger partial charge in [0.25, 0.3) is 11.1 Å². The summed E-state index contributed by atoms with van der Waals surface area (Å²) in [6, 6.07) is 5.87. The molecule has 1 aromatic carbocycles. The summed E-state index contributed by atoms with van der Waals surface area (Å²) in [5, 5.41) is 0.633. The first-order valence-electron chi connectivity index (χ1n) is 9.09. The maximum absolute atomic E-state index is 12.6. The summed E-state index contributed by atoms with van der Waals surface area (Å²) in [4.78, 5) is 40.0. The van der Waals surface area contributed by atoms with Crippen molar-refractivity contribution in [1.29, 1.82) is 0 Å². The van der Waals surface area contributed by atoms with Crippen molar-refractivity contribution < 1.29 is 0 Å². The molecular weight excluding hydrogens is 344 g/mol. The average Bonchev–Trinajstić information content (AvgIpc) is 2.68. The normalized spacial score (nSPS) is 14.9. The monoisotopic (exact) mass is 366 g/mol. The molecule has 3 aromatic rings. The molecule has 2 aromatic heterocycles. The molecule has 3 heterocycles. The number of nitrogens with zero attached hydrogens (tertiary/aromatic N) is 5. The smallest absolute Gasteiger partial charge is 0.290 e. The molecule has 1 fully saturated rings. The Morgan fingerprint density at radius 3 is 2.48 bits per heavy atom. The van der Waals surface area contributed by atoms with E-state index in [9.17, 15) is 9.59 Å². The standard InChI is InChI=1S/C19H22N6O2/c1-13(2)25-12-22-16-11-14(3-4-15(16)19(25)27)23-7-9-24(10-8-23)17-18(26)21-6-5-20-17/h3-6,11-13H,7-10H2,1-2H3,(H,21,26). The Bertz CT molecular complexity index is 1080. The highest BCUT2D eigenvalue weighted by Gasteiger charge is 2.20. The van der Waals surface area contributed by atoms with E-state index in [1.807, 2.05) is 36.9 Å². The molecule has 140 valence electrons. The van der Waals surface area contributed by atoms with Crippen LogP contribution in [0.15, 0.2) is 46.5 Å². The highest BCUT2D eigenvalue weighted by molar-refractivity contribution is 5.81. The molecule has 1 aliphatic heterocycles. The largest absolute Gasteiger partial charge is 0.368 e. The van der Waals surface area contributed by atoms with Crippen molar-refractivity contribution in [3.63, 3.8) is 0 Å². The molecule has 0 radical (unpaired) electrons. The number of anilines is 2. The number of hydrogen-bond acceptors (Lipinski definition) is 6. The van der Waals surface area contributed by atoms with Gasteiger partial charge in [-0.2, -0.15) is 0 Å². The third-order valence-corrected chi connectivity index (χ3v) is 4.96. The van der Waals surface area contributed by atoms with E-state index in [1.165, 1.54) is 6.20 Å². The first-order valence-corrected chi connectivity index (χ1v) is 9.09. The number of rotatable bonds is 3. The zero-order valence-corrected chi connectivity index (χ0v) is 15.4. The number of hydrogen-bond donors (Lipinski definition) is 1. The van der Waals surface area contributed by atoms with E-state index in [0.29, 0.717) is 29.8 Å². The van der Waals surface area contributed by atoms with Crippen LogP contribution in [0.3, 0.4) is 0 Å². The fourth-order valence-electron chi connectivity index (χ4n) is 3.43. The van der Waals surface area contributed by atoms with E-state index < -0.39 is 0 Å². The first-order chi connectivity index (χ1) is 13.0. The van der Waals surface area contributed by atoms with E-state index in [0.717, 1.165) is 18.8 Å². The zero-order valence-electron chi connectivity index (χ0n) is 15.4. The Labute approximate surface area is 156 Å². The Balaban J connectivity index is 1.56. The van der Waals surface area contributed by atoms with Gasteiger partial charge in [-0.25, -0.2) is 9.97 Å². The molecule has 0 aliphatic carbocycles. The van der Waals surface area contributed by atoms with Crippen LogP contribution in [0.25, 0.3) is 10.9 Å². The molecule has 1 aliphatic rings. The molecule has 1 N–H and O–H groups in total. The van der Waals surface area contributed by atoms with Gasteiger partial charge in [0.05, 0.1) is 17.2 Å². The molecule has 1 saturated heterocycles. The molecule has 0 unspecified atom stereocenters. The molecule has 0 spiro atoms. The lowest BCUT2D eigenvalue weighted by Gasteiger charge is -2.36. The van der Waals surface area contributed by atoms with Crippen LogP contribution in [-0.4, -0.2) is 45.7 Å². The number of H-pyrrole nitrogens is 1. The van der Waals surface area contributed by atoms with Crippen molar-refractivity contribution in [3.8, 4) is 0 Å². The van der Waals surface area contributed by atoms with Crippen LogP contribution < -0.4 is 20.9 Å². The minimum absolute atomic E-state index is 0.0132. The number of fused-ring (bicyclic) bond motifs is 1. The van der Waals surface area contributed by atoms with Gasteiger partial charge in [0.1, 0.15) is 0 Å². The summed E-state index contributed by atoms with van der Waals surface area (Å²) in [6.07, 6.45) is 4.75. The highest BCUT2D eigenvalue weighted by atomic mass is 16.1. The summed E-state index contributed by atoms with van der Waals surface area (Å²) >= 11 is 0. The second-order valence-corrected chi connectivity index (χ2v) is 6.97. The summed E-state index contributed by atoms with van der Waals surface area (Å²) < 4.78 is 1.64. The number of nitrogens with one attached hydrogen (secondary N) is 1. The third kappa shape index (κ3) is 3.18. The molecule has 4 rings (SSSR count). The molecule has 27 heavy (non-hydrogen) atoms. The predicted molar refractivity (Wildman–Crippen MR) is 106 cm³/mol. The van der Waals surface area contributed by atoms with Gasteiger partial charge in [0, 0.05) is 50.3 Å². The van der Waals surface area contributed by atoms with Crippen LogP contribution >= 0.6 is 0 Å². The lowest BCUT2D eigenvalue weighted by Crippen LogP contribution is -2.48.